The van der Waals surface area contributed by atoms with Gasteiger partial charge in [-0.25, -0.2) is 0 Å². The van der Waals surface area contributed by atoms with Crippen LogP contribution >= 0.6 is 11.3 Å². The SMILES string of the molecule is Cc1csc(=O)n1CC(=O)N(c1ccccc1)C(C)C. The molecule has 0 saturated heterocycles. The fraction of sp³-hybridized carbons (Fsp3) is 0.333. The van der Waals surface area contributed by atoms with Crippen molar-refractivity contribution in [2.75, 3.05) is 4.90 Å². The van der Waals surface area contributed by atoms with Crippen molar-refractivity contribution in [3.8, 4) is 0 Å². The third kappa shape index (κ3) is 2.99. The lowest BCUT2D eigenvalue weighted by molar-refractivity contribution is -0.119. The molecular formula is C15H18N2O2S. The first-order valence-corrected chi connectivity index (χ1v) is 7.40. The highest BCUT2D eigenvalue weighted by atomic mass is 32.1. The molecule has 1 aromatic heterocycles. The van der Waals surface area contributed by atoms with Gasteiger partial charge in [-0.05, 0) is 32.9 Å². The summed E-state index contributed by atoms with van der Waals surface area (Å²) in [5.41, 5.74) is 1.68. The Hall–Kier alpha value is -1.88. The maximum absolute atomic E-state index is 12.5. The number of para-hydroxylation sites is 1. The molecule has 0 unspecified atom stereocenters. The predicted molar refractivity (Wildman–Crippen MR) is 82.4 cm³/mol. The molecule has 0 spiro atoms. The number of hydrogen-bond acceptors (Lipinski definition) is 3. The summed E-state index contributed by atoms with van der Waals surface area (Å²) in [5, 5.41) is 1.78. The molecule has 0 saturated carbocycles. The van der Waals surface area contributed by atoms with Crippen LogP contribution in [0.25, 0.3) is 0 Å². The Morgan fingerprint density at radius 3 is 2.45 bits per heavy atom. The van der Waals surface area contributed by atoms with Crippen LogP contribution in [0.1, 0.15) is 19.5 Å². The third-order valence-electron chi connectivity index (χ3n) is 3.09. The van der Waals surface area contributed by atoms with Crippen molar-refractivity contribution in [2.45, 2.75) is 33.4 Å². The highest BCUT2D eigenvalue weighted by Crippen LogP contribution is 2.17. The first kappa shape index (κ1) is 14.5. The minimum absolute atomic E-state index is 0.0412. The molecule has 0 atom stereocenters. The zero-order valence-corrected chi connectivity index (χ0v) is 12.7. The first-order valence-electron chi connectivity index (χ1n) is 6.52. The minimum Gasteiger partial charge on any atom is -0.308 e. The summed E-state index contributed by atoms with van der Waals surface area (Å²) in [4.78, 5) is 25.9. The lowest BCUT2D eigenvalue weighted by Gasteiger charge is -2.27. The van der Waals surface area contributed by atoms with Gasteiger partial charge in [-0.2, -0.15) is 0 Å². The van der Waals surface area contributed by atoms with Gasteiger partial charge in [-0.3, -0.25) is 14.2 Å². The molecule has 1 amide bonds. The number of aromatic nitrogens is 1. The maximum Gasteiger partial charge on any atom is 0.307 e. The van der Waals surface area contributed by atoms with Gasteiger partial charge in [-0.15, -0.1) is 0 Å². The normalized spacial score (nSPS) is 10.8. The molecule has 0 aliphatic carbocycles. The topological polar surface area (TPSA) is 42.3 Å². The predicted octanol–water partition coefficient (Wildman–Crippen LogP) is 2.66. The standard InChI is InChI=1S/C15H18N2O2S/c1-11(2)17(13-7-5-4-6-8-13)14(18)9-16-12(3)10-20-15(16)19/h4-8,10-11H,9H2,1-3H3. The van der Waals surface area contributed by atoms with Gasteiger partial charge >= 0.3 is 4.87 Å². The van der Waals surface area contributed by atoms with E-state index in [2.05, 4.69) is 0 Å². The van der Waals surface area contributed by atoms with Crippen molar-refractivity contribution in [3.05, 3.63) is 51.1 Å². The van der Waals surface area contributed by atoms with E-state index in [0.717, 1.165) is 22.7 Å². The lowest BCUT2D eigenvalue weighted by Crippen LogP contribution is -2.40. The molecule has 0 N–H and O–H groups in total. The number of anilines is 1. The molecule has 0 radical (unpaired) electrons. The van der Waals surface area contributed by atoms with Gasteiger partial charge in [0.2, 0.25) is 5.91 Å². The Labute approximate surface area is 122 Å². The highest BCUT2D eigenvalue weighted by Gasteiger charge is 2.20. The van der Waals surface area contributed by atoms with Gasteiger partial charge in [0.1, 0.15) is 6.54 Å². The fourth-order valence-electron chi connectivity index (χ4n) is 2.13. The molecule has 20 heavy (non-hydrogen) atoms. The van der Waals surface area contributed by atoms with Crippen molar-refractivity contribution in [1.82, 2.24) is 4.57 Å². The van der Waals surface area contributed by atoms with E-state index in [1.807, 2.05) is 51.1 Å². The summed E-state index contributed by atoms with van der Waals surface area (Å²) in [7, 11) is 0. The maximum atomic E-state index is 12.5. The third-order valence-corrected chi connectivity index (χ3v) is 3.97. The number of nitrogens with zero attached hydrogens (tertiary/aromatic N) is 2. The number of carbonyl (C=O) groups excluding carboxylic acids is 1. The second kappa shape index (κ2) is 6.05. The van der Waals surface area contributed by atoms with Crippen LogP contribution in [0.2, 0.25) is 0 Å². The first-order chi connectivity index (χ1) is 9.50. The number of rotatable bonds is 4. The van der Waals surface area contributed by atoms with Crippen molar-refractivity contribution in [3.63, 3.8) is 0 Å². The molecular weight excluding hydrogens is 272 g/mol. The largest absolute Gasteiger partial charge is 0.308 e. The van der Waals surface area contributed by atoms with Crippen molar-refractivity contribution >= 4 is 22.9 Å². The van der Waals surface area contributed by atoms with Crippen LogP contribution in [0.3, 0.4) is 0 Å². The minimum atomic E-state index is -0.0902. The smallest absolute Gasteiger partial charge is 0.307 e. The van der Waals surface area contributed by atoms with E-state index in [1.54, 1.807) is 10.3 Å². The second-order valence-corrected chi connectivity index (χ2v) is 5.74. The van der Waals surface area contributed by atoms with Crippen LogP contribution in [0.5, 0.6) is 0 Å². The van der Waals surface area contributed by atoms with Crippen molar-refractivity contribution in [1.29, 1.82) is 0 Å². The number of thiazole rings is 1. The van der Waals surface area contributed by atoms with Crippen LogP contribution in [0, 0.1) is 6.92 Å². The van der Waals surface area contributed by atoms with Gasteiger partial charge in [0, 0.05) is 22.8 Å². The van der Waals surface area contributed by atoms with E-state index in [-0.39, 0.29) is 23.4 Å². The highest BCUT2D eigenvalue weighted by molar-refractivity contribution is 7.07. The van der Waals surface area contributed by atoms with Crippen molar-refractivity contribution < 1.29 is 4.79 Å². The summed E-state index contributed by atoms with van der Waals surface area (Å²) in [6.45, 7) is 5.86. The molecule has 4 nitrogen and oxygen atoms in total. The Morgan fingerprint density at radius 1 is 1.30 bits per heavy atom. The molecule has 2 rings (SSSR count). The summed E-state index contributed by atoms with van der Waals surface area (Å²) < 4.78 is 1.52. The molecule has 0 fully saturated rings. The molecule has 1 aromatic carbocycles. The van der Waals surface area contributed by atoms with E-state index in [4.69, 9.17) is 0 Å². The molecule has 106 valence electrons. The van der Waals surface area contributed by atoms with E-state index in [1.165, 1.54) is 4.57 Å². The van der Waals surface area contributed by atoms with Gasteiger partial charge in [0.15, 0.2) is 0 Å². The summed E-state index contributed by atoms with van der Waals surface area (Å²) in [6.07, 6.45) is 0. The van der Waals surface area contributed by atoms with Gasteiger partial charge in [0.05, 0.1) is 0 Å². The Bertz CT molecular complexity index is 643. The van der Waals surface area contributed by atoms with E-state index < -0.39 is 0 Å². The molecule has 0 aliphatic rings. The van der Waals surface area contributed by atoms with Crippen LogP contribution < -0.4 is 9.77 Å². The van der Waals surface area contributed by atoms with Crippen molar-refractivity contribution in [2.24, 2.45) is 0 Å². The monoisotopic (exact) mass is 290 g/mol. The van der Waals surface area contributed by atoms with Gasteiger partial charge in [-0.1, -0.05) is 29.5 Å². The molecule has 2 aromatic rings. The number of benzene rings is 1. The average Bonchev–Trinajstić information content (AvgIpc) is 2.71. The summed E-state index contributed by atoms with van der Waals surface area (Å²) >= 11 is 1.13. The quantitative estimate of drug-likeness (QED) is 0.868. The number of carbonyl (C=O) groups is 1. The Balaban J connectivity index is 2.27. The van der Waals surface area contributed by atoms with E-state index >= 15 is 0 Å². The summed E-state index contributed by atoms with van der Waals surface area (Å²) in [6, 6.07) is 9.57. The Morgan fingerprint density at radius 2 is 1.95 bits per heavy atom. The zero-order valence-electron chi connectivity index (χ0n) is 11.9. The van der Waals surface area contributed by atoms with Crippen LogP contribution in [0.15, 0.2) is 40.5 Å². The molecule has 1 heterocycles. The zero-order chi connectivity index (χ0) is 14.7. The number of hydrogen-bond donors (Lipinski definition) is 0. The molecule has 0 aliphatic heterocycles. The Kier molecular flexibility index (Phi) is 4.39. The van der Waals surface area contributed by atoms with Gasteiger partial charge in [0.25, 0.3) is 0 Å². The number of aryl methyl sites for hydroxylation is 1. The van der Waals surface area contributed by atoms with E-state index in [0.29, 0.717) is 0 Å². The number of amides is 1. The lowest BCUT2D eigenvalue weighted by atomic mass is 10.2. The van der Waals surface area contributed by atoms with Crippen LogP contribution in [-0.4, -0.2) is 16.5 Å². The summed E-state index contributed by atoms with van der Waals surface area (Å²) in [5.74, 6) is -0.0743. The van der Waals surface area contributed by atoms with Crippen LogP contribution in [-0.2, 0) is 11.3 Å². The van der Waals surface area contributed by atoms with E-state index in [9.17, 15) is 9.59 Å². The van der Waals surface area contributed by atoms with Gasteiger partial charge < -0.3 is 4.90 Å². The second-order valence-electron chi connectivity index (χ2n) is 4.92. The van der Waals surface area contributed by atoms with Crippen LogP contribution in [0.4, 0.5) is 5.69 Å². The fourth-order valence-corrected chi connectivity index (χ4v) is 2.86. The molecule has 5 heteroatoms. The average molecular weight is 290 g/mol. The molecule has 0 bridgehead atoms.